The third-order valence-corrected chi connectivity index (χ3v) is 7.67. The van der Waals surface area contributed by atoms with E-state index in [0.29, 0.717) is 23.5 Å². The smallest absolute Gasteiger partial charge is 0.278 e. The summed E-state index contributed by atoms with van der Waals surface area (Å²) >= 11 is 5.73. The number of imidazole rings is 1. The van der Waals surface area contributed by atoms with E-state index in [-0.39, 0.29) is 41.5 Å². The topological polar surface area (TPSA) is 125 Å². The summed E-state index contributed by atoms with van der Waals surface area (Å²) in [6.07, 6.45) is 5.79. The molecule has 0 fully saturated rings. The van der Waals surface area contributed by atoms with Gasteiger partial charge in [-0.2, -0.15) is 5.26 Å². The molecule has 10 nitrogen and oxygen atoms in total. The predicted molar refractivity (Wildman–Crippen MR) is 172 cm³/mol. The van der Waals surface area contributed by atoms with Gasteiger partial charge in [-0.25, -0.2) is 4.98 Å². The number of hydrogen-bond acceptors (Lipinski definition) is 7. The van der Waals surface area contributed by atoms with Gasteiger partial charge in [-0.05, 0) is 72.2 Å². The van der Waals surface area contributed by atoms with E-state index in [0.717, 1.165) is 17.7 Å². The number of amides is 2. The summed E-state index contributed by atoms with van der Waals surface area (Å²) in [7, 11) is 1.59. The van der Waals surface area contributed by atoms with Gasteiger partial charge < -0.3 is 19.9 Å². The van der Waals surface area contributed by atoms with Crippen molar-refractivity contribution in [2.24, 2.45) is 5.92 Å². The van der Waals surface area contributed by atoms with E-state index in [9.17, 15) is 9.59 Å². The first-order valence-electron chi connectivity index (χ1n) is 14.3. The second-order valence-corrected chi connectivity index (χ2v) is 10.7. The molecule has 0 spiro atoms. The standard InChI is InChI=1S/C33H35N7O3S/c1-4-23(2)30(38-31(41)17-27-19-35-22-39(27)20-25-10-8-24(18-34)9-11-25)21-40(32(42)29-7-5-6-16-36-29)33(44)37-26-12-14-28(43-3)15-13-26/h5-16,19,22-23,30H,4,17,20-21H2,1-3H3,(H,37,44)(H,38,41)/t23-,30+/m0/s1. The first-order chi connectivity index (χ1) is 21.3. The van der Waals surface area contributed by atoms with Crippen LogP contribution in [0.2, 0.25) is 0 Å². The normalized spacial score (nSPS) is 12.0. The molecule has 0 aliphatic carbocycles. The molecule has 2 N–H and O–H groups in total. The number of aromatic nitrogens is 3. The van der Waals surface area contributed by atoms with Crippen LogP contribution in [0.1, 0.15) is 47.6 Å². The average molecular weight is 610 g/mol. The molecule has 4 rings (SSSR count). The molecule has 2 heterocycles. The lowest BCUT2D eigenvalue weighted by Gasteiger charge is -2.31. The Morgan fingerprint density at radius 1 is 1.11 bits per heavy atom. The van der Waals surface area contributed by atoms with Crippen molar-refractivity contribution in [2.75, 3.05) is 19.0 Å². The summed E-state index contributed by atoms with van der Waals surface area (Å²) in [5, 5.41) is 15.5. The van der Waals surface area contributed by atoms with Gasteiger partial charge >= 0.3 is 0 Å². The number of anilines is 1. The summed E-state index contributed by atoms with van der Waals surface area (Å²) in [5.74, 6) is 0.154. The number of carbonyl (C=O) groups excluding carboxylic acids is 2. The van der Waals surface area contributed by atoms with Gasteiger partial charge in [-0.15, -0.1) is 0 Å². The molecule has 0 saturated carbocycles. The van der Waals surface area contributed by atoms with Gasteiger partial charge in [-0.1, -0.05) is 38.5 Å². The second-order valence-electron chi connectivity index (χ2n) is 10.3. The molecule has 0 unspecified atom stereocenters. The van der Waals surface area contributed by atoms with Crippen molar-refractivity contribution in [3.63, 3.8) is 0 Å². The van der Waals surface area contributed by atoms with Gasteiger partial charge in [0.1, 0.15) is 11.4 Å². The maximum absolute atomic E-state index is 13.7. The molecule has 2 atom stereocenters. The highest BCUT2D eigenvalue weighted by atomic mass is 32.1. The maximum Gasteiger partial charge on any atom is 0.278 e. The Labute approximate surface area is 262 Å². The van der Waals surface area contributed by atoms with E-state index >= 15 is 0 Å². The predicted octanol–water partition coefficient (Wildman–Crippen LogP) is 4.82. The molecule has 0 saturated heterocycles. The number of methoxy groups -OCH3 is 1. The van der Waals surface area contributed by atoms with Crippen LogP contribution in [-0.4, -0.2) is 56.1 Å². The zero-order valence-electron chi connectivity index (χ0n) is 24.9. The molecule has 2 amide bonds. The van der Waals surface area contributed by atoms with Crippen molar-refractivity contribution in [3.8, 4) is 11.8 Å². The van der Waals surface area contributed by atoms with Gasteiger partial charge in [0, 0.05) is 42.9 Å². The number of benzene rings is 2. The molecule has 226 valence electrons. The third-order valence-electron chi connectivity index (χ3n) is 7.35. The average Bonchev–Trinajstić information content (AvgIpc) is 3.49. The molecule has 0 bridgehead atoms. The van der Waals surface area contributed by atoms with Crippen LogP contribution in [0.25, 0.3) is 0 Å². The van der Waals surface area contributed by atoms with Gasteiger partial charge in [0.25, 0.3) is 5.91 Å². The largest absolute Gasteiger partial charge is 0.497 e. The minimum Gasteiger partial charge on any atom is -0.497 e. The Kier molecular flexibility index (Phi) is 11.2. The maximum atomic E-state index is 13.7. The molecule has 44 heavy (non-hydrogen) atoms. The number of rotatable bonds is 12. The van der Waals surface area contributed by atoms with Crippen LogP contribution in [0.4, 0.5) is 5.69 Å². The Morgan fingerprint density at radius 2 is 1.86 bits per heavy atom. The number of hydrogen-bond donors (Lipinski definition) is 2. The molecule has 4 aromatic rings. The van der Waals surface area contributed by atoms with E-state index in [1.54, 1.807) is 68.3 Å². The van der Waals surface area contributed by atoms with Crippen LogP contribution < -0.4 is 15.4 Å². The highest BCUT2D eigenvalue weighted by Gasteiger charge is 2.28. The molecule has 0 aliphatic rings. The van der Waals surface area contributed by atoms with E-state index in [1.807, 2.05) is 42.7 Å². The van der Waals surface area contributed by atoms with Gasteiger partial charge in [0.05, 0.1) is 31.5 Å². The Hall–Kier alpha value is -5.08. The molecular weight excluding hydrogens is 574 g/mol. The van der Waals surface area contributed by atoms with Gasteiger partial charge in [0.15, 0.2) is 5.11 Å². The Morgan fingerprint density at radius 3 is 2.50 bits per heavy atom. The highest BCUT2D eigenvalue weighted by Crippen LogP contribution is 2.18. The lowest BCUT2D eigenvalue weighted by atomic mass is 9.98. The van der Waals surface area contributed by atoms with Crippen molar-refractivity contribution in [1.82, 2.24) is 24.8 Å². The van der Waals surface area contributed by atoms with Crippen LogP contribution in [0.3, 0.4) is 0 Å². The number of thiocarbonyl (C=S) groups is 1. The number of pyridine rings is 1. The van der Waals surface area contributed by atoms with E-state index in [1.165, 1.54) is 4.90 Å². The van der Waals surface area contributed by atoms with Gasteiger partial charge in [0.2, 0.25) is 5.91 Å². The molecular formula is C33H35N7O3S. The SMILES string of the molecule is CC[C@H](C)[C@@H](CN(C(=O)c1ccccn1)C(=S)Nc1ccc(OC)cc1)NC(=O)Cc1cncn1Cc1ccc(C#N)cc1. The number of carbonyl (C=O) groups is 2. The number of nitrogens with one attached hydrogen (secondary N) is 2. The van der Waals surface area contributed by atoms with Crippen molar-refractivity contribution in [3.05, 3.63) is 108 Å². The summed E-state index contributed by atoms with van der Waals surface area (Å²) in [6.45, 7) is 4.72. The Bertz CT molecular complexity index is 1600. The van der Waals surface area contributed by atoms with Gasteiger partial charge in [-0.3, -0.25) is 19.5 Å². The summed E-state index contributed by atoms with van der Waals surface area (Å²) < 4.78 is 7.15. The molecule has 2 aromatic heterocycles. The van der Waals surface area contributed by atoms with Crippen molar-refractivity contribution in [1.29, 1.82) is 5.26 Å². The fraction of sp³-hybridized carbons (Fsp3) is 0.273. The molecule has 2 aromatic carbocycles. The van der Waals surface area contributed by atoms with E-state index in [4.69, 9.17) is 22.2 Å². The van der Waals surface area contributed by atoms with Crippen molar-refractivity contribution < 1.29 is 14.3 Å². The van der Waals surface area contributed by atoms with Crippen molar-refractivity contribution in [2.45, 2.75) is 39.3 Å². The monoisotopic (exact) mass is 609 g/mol. The third kappa shape index (κ3) is 8.49. The zero-order chi connectivity index (χ0) is 31.5. The summed E-state index contributed by atoms with van der Waals surface area (Å²) in [4.78, 5) is 37.1. The second kappa shape index (κ2) is 15.4. The van der Waals surface area contributed by atoms with Crippen LogP contribution in [-0.2, 0) is 17.8 Å². The zero-order valence-corrected chi connectivity index (χ0v) is 25.8. The fourth-order valence-electron chi connectivity index (χ4n) is 4.54. The Balaban J connectivity index is 1.51. The number of ether oxygens (including phenoxy) is 1. The number of nitrogens with zero attached hydrogens (tertiary/aromatic N) is 5. The first kappa shape index (κ1) is 31.8. The number of nitriles is 1. The van der Waals surface area contributed by atoms with Crippen LogP contribution in [0, 0.1) is 17.2 Å². The van der Waals surface area contributed by atoms with Crippen LogP contribution in [0.15, 0.2) is 85.5 Å². The fourth-order valence-corrected chi connectivity index (χ4v) is 4.82. The minimum absolute atomic E-state index is 0.0327. The van der Waals surface area contributed by atoms with Crippen LogP contribution in [0.5, 0.6) is 5.75 Å². The lowest BCUT2D eigenvalue weighted by Crippen LogP contribution is -2.52. The summed E-state index contributed by atoms with van der Waals surface area (Å²) in [6, 6.07) is 21.4. The minimum atomic E-state index is -0.398. The highest BCUT2D eigenvalue weighted by molar-refractivity contribution is 7.80. The molecule has 0 radical (unpaired) electrons. The van der Waals surface area contributed by atoms with Crippen LogP contribution >= 0.6 is 12.2 Å². The summed E-state index contributed by atoms with van der Waals surface area (Å²) in [5.41, 5.74) is 3.25. The van der Waals surface area contributed by atoms with Crippen molar-refractivity contribution >= 4 is 34.8 Å². The molecule has 11 heteroatoms. The van der Waals surface area contributed by atoms with E-state index in [2.05, 4.69) is 26.7 Å². The quantitative estimate of drug-likeness (QED) is 0.219. The lowest BCUT2D eigenvalue weighted by molar-refractivity contribution is -0.121. The first-order valence-corrected chi connectivity index (χ1v) is 14.7. The van der Waals surface area contributed by atoms with E-state index < -0.39 is 6.04 Å². The molecule has 0 aliphatic heterocycles.